The molecule has 0 amide bonds. The predicted molar refractivity (Wildman–Crippen MR) is 56.9 cm³/mol. The number of likely N-dealkylation sites (tertiary alicyclic amines) is 1. The monoisotopic (exact) mass is 194 g/mol. The molecule has 1 aromatic rings. The van der Waals surface area contributed by atoms with Gasteiger partial charge in [0, 0.05) is 25.8 Å². The number of nitrogens with two attached hydrogens (primary N) is 1. The summed E-state index contributed by atoms with van der Waals surface area (Å²) in [6.45, 7) is 9.01. The molecule has 2 N–H and O–H groups in total. The number of rotatable bonds is 3. The molecule has 4 nitrogen and oxygen atoms in total. The molecule has 0 aromatic carbocycles. The lowest BCUT2D eigenvalue weighted by Gasteiger charge is -2.45. The Bertz CT molecular complexity index is 308. The summed E-state index contributed by atoms with van der Waals surface area (Å²) in [7, 11) is 0. The lowest BCUT2D eigenvalue weighted by molar-refractivity contribution is 0.0278. The van der Waals surface area contributed by atoms with Gasteiger partial charge in [0.2, 0.25) is 0 Å². The van der Waals surface area contributed by atoms with Crippen molar-refractivity contribution in [3.8, 4) is 0 Å². The van der Waals surface area contributed by atoms with Crippen LogP contribution in [0.3, 0.4) is 0 Å². The van der Waals surface area contributed by atoms with Gasteiger partial charge < -0.3 is 10.6 Å². The summed E-state index contributed by atoms with van der Waals surface area (Å²) in [6.07, 6.45) is 1.93. The summed E-state index contributed by atoms with van der Waals surface area (Å²) < 4.78 is 1.90. The summed E-state index contributed by atoms with van der Waals surface area (Å²) in [5, 5.41) is 4.15. The molecule has 1 aliphatic rings. The largest absolute Gasteiger partial charge is 0.382 e. The highest BCUT2D eigenvalue weighted by molar-refractivity contribution is 5.23. The van der Waals surface area contributed by atoms with E-state index in [0.29, 0.717) is 11.2 Å². The fourth-order valence-corrected chi connectivity index (χ4v) is 2.07. The number of anilines is 1. The van der Waals surface area contributed by atoms with Gasteiger partial charge in [-0.05, 0) is 11.5 Å². The van der Waals surface area contributed by atoms with Crippen molar-refractivity contribution in [3.63, 3.8) is 0 Å². The fraction of sp³-hybridized carbons (Fsp3) is 0.700. The highest BCUT2D eigenvalue weighted by Gasteiger charge is 2.33. The van der Waals surface area contributed by atoms with Crippen molar-refractivity contribution in [2.24, 2.45) is 5.41 Å². The first-order valence-corrected chi connectivity index (χ1v) is 5.06. The highest BCUT2D eigenvalue weighted by Crippen LogP contribution is 2.27. The van der Waals surface area contributed by atoms with Gasteiger partial charge in [0.1, 0.15) is 5.82 Å². The molecule has 0 bridgehead atoms. The second-order valence-corrected chi connectivity index (χ2v) is 4.88. The molecule has 1 aromatic heterocycles. The van der Waals surface area contributed by atoms with Crippen LogP contribution in [0, 0.1) is 5.41 Å². The molecule has 14 heavy (non-hydrogen) atoms. The van der Waals surface area contributed by atoms with Gasteiger partial charge in [-0.15, -0.1) is 0 Å². The smallest absolute Gasteiger partial charge is 0.145 e. The Labute approximate surface area is 84.7 Å². The molecule has 1 saturated heterocycles. The molecular formula is C10H18N4. The molecule has 1 fully saturated rings. The van der Waals surface area contributed by atoms with E-state index in [1.165, 1.54) is 13.1 Å². The summed E-state index contributed by atoms with van der Waals surface area (Å²) in [5.41, 5.74) is 6.05. The van der Waals surface area contributed by atoms with E-state index in [4.69, 9.17) is 5.73 Å². The standard InChI is InChI=1S/C10H18N4/c1-10(2)7-13(8-10)5-6-14-4-3-9(11)12-14/h3-4H,5-8H2,1-2H3,(H2,11,12). The molecule has 0 spiro atoms. The third kappa shape index (κ3) is 2.07. The number of hydrogen-bond donors (Lipinski definition) is 1. The normalized spacial score (nSPS) is 20.7. The topological polar surface area (TPSA) is 47.1 Å². The van der Waals surface area contributed by atoms with E-state index in [-0.39, 0.29) is 0 Å². The Morgan fingerprint density at radius 3 is 2.64 bits per heavy atom. The van der Waals surface area contributed by atoms with Gasteiger partial charge in [0.25, 0.3) is 0 Å². The Hall–Kier alpha value is -1.03. The van der Waals surface area contributed by atoms with Crippen molar-refractivity contribution in [1.29, 1.82) is 0 Å². The van der Waals surface area contributed by atoms with Gasteiger partial charge in [0.05, 0.1) is 6.54 Å². The third-order valence-electron chi connectivity index (χ3n) is 2.61. The number of hydrogen-bond acceptors (Lipinski definition) is 3. The lowest BCUT2D eigenvalue weighted by atomic mass is 9.84. The maximum absolute atomic E-state index is 5.53. The summed E-state index contributed by atoms with van der Waals surface area (Å²) in [6, 6.07) is 1.83. The molecular weight excluding hydrogens is 176 g/mol. The third-order valence-corrected chi connectivity index (χ3v) is 2.61. The van der Waals surface area contributed by atoms with Crippen LogP contribution in [0.25, 0.3) is 0 Å². The zero-order chi connectivity index (χ0) is 10.2. The van der Waals surface area contributed by atoms with Crippen molar-refractivity contribution in [3.05, 3.63) is 12.3 Å². The van der Waals surface area contributed by atoms with Crippen LogP contribution in [-0.4, -0.2) is 34.3 Å². The second kappa shape index (κ2) is 3.28. The van der Waals surface area contributed by atoms with E-state index in [9.17, 15) is 0 Å². The minimum Gasteiger partial charge on any atom is -0.382 e. The Morgan fingerprint density at radius 1 is 1.43 bits per heavy atom. The van der Waals surface area contributed by atoms with Crippen molar-refractivity contribution in [1.82, 2.24) is 14.7 Å². The van der Waals surface area contributed by atoms with Gasteiger partial charge >= 0.3 is 0 Å². The molecule has 0 unspecified atom stereocenters. The van der Waals surface area contributed by atoms with Crippen molar-refractivity contribution in [2.45, 2.75) is 20.4 Å². The summed E-state index contributed by atoms with van der Waals surface area (Å²) in [5.74, 6) is 0.605. The predicted octanol–water partition coefficient (Wildman–Crippen LogP) is 0.807. The zero-order valence-corrected chi connectivity index (χ0v) is 8.90. The fourth-order valence-electron chi connectivity index (χ4n) is 2.07. The Kier molecular flexibility index (Phi) is 2.23. The maximum atomic E-state index is 5.53. The maximum Gasteiger partial charge on any atom is 0.145 e. The second-order valence-electron chi connectivity index (χ2n) is 4.88. The number of nitrogens with zero attached hydrogens (tertiary/aromatic N) is 3. The first-order valence-electron chi connectivity index (χ1n) is 5.06. The van der Waals surface area contributed by atoms with E-state index in [1.54, 1.807) is 0 Å². The molecule has 0 radical (unpaired) electrons. The molecule has 0 aliphatic carbocycles. The van der Waals surface area contributed by atoms with E-state index in [0.717, 1.165) is 13.1 Å². The van der Waals surface area contributed by atoms with Gasteiger partial charge in [0.15, 0.2) is 0 Å². The molecule has 2 rings (SSSR count). The number of nitrogen functional groups attached to an aromatic ring is 1. The highest BCUT2D eigenvalue weighted by atomic mass is 15.3. The van der Waals surface area contributed by atoms with E-state index in [2.05, 4.69) is 23.8 Å². The van der Waals surface area contributed by atoms with E-state index in [1.807, 2.05) is 16.9 Å². The lowest BCUT2D eigenvalue weighted by Crippen LogP contribution is -2.53. The van der Waals surface area contributed by atoms with Crippen molar-refractivity contribution < 1.29 is 0 Å². The van der Waals surface area contributed by atoms with Gasteiger partial charge in [-0.2, -0.15) is 5.10 Å². The van der Waals surface area contributed by atoms with Gasteiger partial charge in [-0.25, -0.2) is 0 Å². The van der Waals surface area contributed by atoms with E-state index < -0.39 is 0 Å². The van der Waals surface area contributed by atoms with Crippen molar-refractivity contribution >= 4 is 5.82 Å². The van der Waals surface area contributed by atoms with Crippen LogP contribution in [0.15, 0.2) is 12.3 Å². The van der Waals surface area contributed by atoms with Crippen LogP contribution in [0.5, 0.6) is 0 Å². The van der Waals surface area contributed by atoms with Crippen LogP contribution in [0.1, 0.15) is 13.8 Å². The molecule has 2 heterocycles. The summed E-state index contributed by atoms with van der Waals surface area (Å²) >= 11 is 0. The van der Waals surface area contributed by atoms with Crippen LogP contribution >= 0.6 is 0 Å². The quantitative estimate of drug-likeness (QED) is 0.774. The first kappa shape index (κ1) is 9.52. The molecule has 4 heteroatoms. The van der Waals surface area contributed by atoms with Crippen LogP contribution in [0.4, 0.5) is 5.82 Å². The average Bonchev–Trinajstić information content (AvgIpc) is 2.44. The van der Waals surface area contributed by atoms with Crippen molar-refractivity contribution in [2.75, 3.05) is 25.4 Å². The van der Waals surface area contributed by atoms with E-state index >= 15 is 0 Å². The molecule has 0 atom stereocenters. The molecule has 0 saturated carbocycles. The minimum atomic E-state index is 0.517. The summed E-state index contributed by atoms with van der Waals surface area (Å²) in [4.78, 5) is 2.44. The average molecular weight is 194 g/mol. The van der Waals surface area contributed by atoms with Gasteiger partial charge in [-0.1, -0.05) is 13.8 Å². The van der Waals surface area contributed by atoms with Gasteiger partial charge in [-0.3, -0.25) is 4.68 Å². The Morgan fingerprint density at radius 2 is 2.14 bits per heavy atom. The first-order chi connectivity index (χ1) is 6.55. The number of aromatic nitrogens is 2. The van der Waals surface area contributed by atoms with Crippen LogP contribution < -0.4 is 5.73 Å². The Balaban J connectivity index is 1.74. The zero-order valence-electron chi connectivity index (χ0n) is 8.90. The van der Waals surface area contributed by atoms with Crippen LogP contribution in [-0.2, 0) is 6.54 Å². The molecule has 78 valence electrons. The minimum absolute atomic E-state index is 0.517. The SMILES string of the molecule is CC1(C)CN(CCn2ccc(N)n2)C1. The van der Waals surface area contributed by atoms with Crippen LogP contribution in [0.2, 0.25) is 0 Å². The molecule has 1 aliphatic heterocycles.